The second-order valence-corrected chi connectivity index (χ2v) is 3.54. The number of rotatable bonds is 5. The van der Waals surface area contributed by atoms with Crippen LogP contribution in [0.2, 0.25) is 0 Å². The number of pyridine rings is 1. The Bertz CT molecular complexity index is 285. The SMILES string of the molecule is COCCN(C)c1ccc(C(C)O)cn1. The standard InChI is InChI=1S/C11H18N2O2/c1-9(14)10-4-5-11(12-8-10)13(2)6-7-15-3/h4-5,8-9,14H,6-7H2,1-3H3. The number of likely N-dealkylation sites (N-methyl/N-ethyl adjacent to an activating group) is 1. The number of methoxy groups -OCH3 is 1. The molecule has 4 heteroatoms. The first-order valence-corrected chi connectivity index (χ1v) is 4.99. The lowest BCUT2D eigenvalue weighted by Gasteiger charge is -2.17. The maximum absolute atomic E-state index is 9.32. The lowest BCUT2D eigenvalue weighted by molar-refractivity contribution is 0.199. The monoisotopic (exact) mass is 210 g/mol. The third-order valence-corrected chi connectivity index (χ3v) is 2.28. The highest BCUT2D eigenvalue weighted by Crippen LogP contribution is 2.14. The fourth-order valence-electron chi connectivity index (χ4n) is 1.21. The molecule has 0 bridgehead atoms. The van der Waals surface area contributed by atoms with Crippen LogP contribution >= 0.6 is 0 Å². The van der Waals surface area contributed by atoms with Gasteiger partial charge in [0.2, 0.25) is 0 Å². The van der Waals surface area contributed by atoms with E-state index in [1.54, 1.807) is 20.2 Å². The third-order valence-electron chi connectivity index (χ3n) is 2.28. The van der Waals surface area contributed by atoms with Crippen LogP contribution in [0.4, 0.5) is 5.82 Å². The maximum Gasteiger partial charge on any atom is 0.128 e. The molecule has 1 heterocycles. The van der Waals surface area contributed by atoms with E-state index in [2.05, 4.69) is 4.98 Å². The summed E-state index contributed by atoms with van der Waals surface area (Å²) < 4.78 is 4.99. The minimum absolute atomic E-state index is 0.462. The van der Waals surface area contributed by atoms with Gasteiger partial charge in [0.15, 0.2) is 0 Å². The molecule has 0 fully saturated rings. The molecule has 0 amide bonds. The number of ether oxygens (including phenoxy) is 1. The summed E-state index contributed by atoms with van der Waals surface area (Å²) in [5.74, 6) is 0.886. The Morgan fingerprint density at radius 3 is 2.73 bits per heavy atom. The number of aliphatic hydroxyl groups is 1. The Kier molecular flexibility index (Phi) is 4.52. The number of aliphatic hydroxyl groups excluding tert-OH is 1. The van der Waals surface area contributed by atoms with Gasteiger partial charge in [0.25, 0.3) is 0 Å². The van der Waals surface area contributed by atoms with Crippen LogP contribution in [-0.4, -0.2) is 37.4 Å². The Morgan fingerprint density at radius 2 is 2.27 bits per heavy atom. The lowest BCUT2D eigenvalue weighted by Crippen LogP contribution is -2.22. The molecule has 1 rings (SSSR count). The Hall–Kier alpha value is -1.13. The summed E-state index contributed by atoms with van der Waals surface area (Å²) in [5, 5.41) is 9.32. The second-order valence-electron chi connectivity index (χ2n) is 3.54. The van der Waals surface area contributed by atoms with Crippen molar-refractivity contribution in [3.63, 3.8) is 0 Å². The highest BCUT2D eigenvalue weighted by atomic mass is 16.5. The molecule has 1 aromatic heterocycles. The van der Waals surface area contributed by atoms with Crippen molar-refractivity contribution in [2.45, 2.75) is 13.0 Å². The van der Waals surface area contributed by atoms with Crippen molar-refractivity contribution in [1.82, 2.24) is 4.98 Å². The molecule has 15 heavy (non-hydrogen) atoms. The predicted molar refractivity (Wildman–Crippen MR) is 60.0 cm³/mol. The summed E-state index contributed by atoms with van der Waals surface area (Å²) in [6.45, 7) is 3.21. The molecule has 1 aromatic rings. The van der Waals surface area contributed by atoms with Gasteiger partial charge in [-0.25, -0.2) is 4.98 Å². The smallest absolute Gasteiger partial charge is 0.128 e. The van der Waals surface area contributed by atoms with E-state index in [1.807, 2.05) is 24.1 Å². The van der Waals surface area contributed by atoms with Crippen molar-refractivity contribution < 1.29 is 9.84 Å². The number of anilines is 1. The highest BCUT2D eigenvalue weighted by Gasteiger charge is 2.04. The molecule has 0 aliphatic carbocycles. The third kappa shape index (κ3) is 3.49. The van der Waals surface area contributed by atoms with Gasteiger partial charge in [-0.1, -0.05) is 6.07 Å². The zero-order valence-corrected chi connectivity index (χ0v) is 9.47. The van der Waals surface area contributed by atoms with Gasteiger partial charge in [0.1, 0.15) is 5.82 Å². The van der Waals surface area contributed by atoms with E-state index in [4.69, 9.17) is 4.74 Å². The van der Waals surface area contributed by atoms with Gasteiger partial charge in [-0.15, -0.1) is 0 Å². The maximum atomic E-state index is 9.32. The van der Waals surface area contributed by atoms with E-state index in [-0.39, 0.29) is 0 Å². The van der Waals surface area contributed by atoms with E-state index in [9.17, 15) is 5.11 Å². The zero-order chi connectivity index (χ0) is 11.3. The molecule has 0 aliphatic heterocycles. The lowest BCUT2D eigenvalue weighted by atomic mass is 10.2. The molecule has 0 spiro atoms. The Balaban J connectivity index is 2.62. The average molecular weight is 210 g/mol. The van der Waals surface area contributed by atoms with Crippen molar-refractivity contribution in [1.29, 1.82) is 0 Å². The van der Waals surface area contributed by atoms with Crippen LogP contribution < -0.4 is 4.90 Å². The van der Waals surface area contributed by atoms with Crippen molar-refractivity contribution in [2.75, 3.05) is 32.2 Å². The number of aromatic nitrogens is 1. The van der Waals surface area contributed by atoms with E-state index in [0.29, 0.717) is 6.61 Å². The Morgan fingerprint density at radius 1 is 1.53 bits per heavy atom. The summed E-state index contributed by atoms with van der Waals surface area (Å²) >= 11 is 0. The van der Waals surface area contributed by atoms with Crippen molar-refractivity contribution in [2.24, 2.45) is 0 Å². The average Bonchev–Trinajstić information content (AvgIpc) is 2.26. The van der Waals surface area contributed by atoms with Crippen LogP contribution in [0.5, 0.6) is 0 Å². The summed E-state index contributed by atoms with van der Waals surface area (Å²) in [6.07, 6.45) is 1.24. The van der Waals surface area contributed by atoms with Crippen molar-refractivity contribution in [3.05, 3.63) is 23.9 Å². The van der Waals surface area contributed by atoms with Crippen LogP contribution in [0.15, 0.2) is 18.3 Å². The van der Waals surface area contributed by atoms with Gasteiger partial charge >= 0.3 is 0 Å². The topological polar surface area (TPSA) is 45.6 Å². The first-order chi connectivity index (χ1) is 7.15. The van der Waals surface area contributed by atoms with Crippen molar-refractivity contribution in [3.8, 4) is 0 Å². The normalized spacial score (nSPS) is 12.5. The Labute approximate surface area is 90.5 Å². The molecule has 1 N–H and O–H groups in total. The van der Waals surface area contributed by atoms with Gasteiger partial charge in [-0.3, -0.25) is 0 Å². The molecule has 0 radical (unpaired) electrons. The van der Waals surface area contributed by atoms with E-state index >= 15 is 0 Å². The first-order valence-electron chi connectivity index (χ1n) is 4.99. The quantitative estimate of drug-likeness (QED) is 0.793. The van der Waals surface area contributed by atoms with Crippen LogP contribution in [0.3, 0.4) is 0 Å². The highest BCUT2D eigenvalue weighted by molar-refractivity contribution is 5.38. The molecule has 0 aliphatic rings. The molecular formula is C11H18N2O2. The van der Waals surface area contributed by atoms with E-state index in [0.717, 1.165) is 17.9 Å². The van der Waals surface area contributed by atoms with Crippen LogP contribution in [0.25, 0.3) is 0 Å². The molecule has 0 saturated heterocycles. The number of nitrogens with zero attached hydrogens (tertiary/aromatic N) is 2. The predicted octanol–water partition coefficient (Wildman–Crippen LogP) is 1.22. The van der Waals surface area contributed by atoms with Gasteiger partial charge in [-0.2, -0.15) is 0 Å². The van der Waals surface area contributed by atoms with Gasteiger partial charge < -0.3 is 14.7 Å². The zero-order valence-electron chi connectivity index (χ0n) is 9.47. The number of hydrogen-bond donors (Lipinski definition) is 1. The molecule has 84 valence electrons. The molecule has 4 nitrogen and oxygen atoms in total. The fourth-order valence-corrected chi connectivity index (χ4v) is 1.21. The largest absolute Gasteiger partial charge is 0.389 e. The summed E-state index contributed by atoms with van der Waals surface area (Å²) in [6, 6.07) is 3.79. The molecule has 1 atom stereocenters. The first kappa shape index (κ1) is 11.9. The summed E-state index contributed by atoms with van der Waals surface area (Å²) in [5.41, 5.74) is 0.832. The fraction of sp³-hybridized carbons (Fsp3) is 0.545. The van der Waals surface area contributed by atoms with Gasteiger partial charge in [0, 0.05) is 26.9 Å². The minimum atomic E-state index is -0.462. The van der Waals surface area contributed by atoms with Crippen LogP contribution in [0, 0.1) is 0 Å². The minimum Gasteiger partial charge on any atom is -0.389 e. The molecular weight excluding hydrogens is 192 g/mol. The van der Waals surface area contributed by atoms with E-state index in [1.165, 1.54) is 0 Å². The molecule has 0 saturated carbocycles. The molecule has 0 aromatic carbocycles. The molecule has 1 unspecified atom stereocenters. The van der Waals surface area contributed by atoms with Gasteiger partial charge in [-0.05, 0) is 18.6 Å². The second kappa shape index (κ2) is 5.68. The van der Waals surface area contributed by atoms with Crippen LogP contribution in [-0.2, 0) is 4.74 Å². The van der Waals surface area contributed by atoms with Crippen molar-refractivity contribution >= 4 is 5.82 Å². The van der Waals surface area contributed by atoms with E-state index < -0.39 is 6.10 Å². The summed E-state index contributed by atoms with van der Waals surface area (Å²) in [7, 11) is 3.64. The van der Waals surface area contributed by atoms with Gasteiger partial charge in [0.05, 0.1) is 12.7 Å². The summed E-state index contributed by atoms with van der Waals surface area (Å²) in [4.78, 5) is 6.27. The number of hydrogen-bond acceptors (Lipinski definition) is 4. The van der Waals surface area contributed by atoms with Crippen LogP contribution in [0.1, 0.15) is 18.6 Å².